The van der Waals surface area contributed by atoms with Crippen molar-refractivity contribution in [2.24, 2.45) is 5.92 Å². The van der Waals surface area contributed by atoms with Crippen LogP contribution in [-0.4, -0.2) is 24.6 Å². The molecule has 0 aliphatic heterocycles. The Balaban J connectivity index is 2.30. The fourth-order valence-corrected chi connectivity index (χ4v) is 3.04. The van der Waals surface area contributed by atoms with E-state index in [2.05, 4.69) is 18.5 Å². The lowest BCUT2D eigenvalue weighted by Crippen LogP contribution is -2.37. The van der Waals surface area contributed by atoms with Gasteiger partial charge in [-0.2, -0.15) is 11.8 Å². The smallest absolute Gasteiger partial charge is 0.0103 e. The maximum Gasteiger partial charge on any atom is 0.0103 e. The third-order valence-corrected chi connectivity index (χ3v) is 3.96. The van der Waals surface area contributed by atoms with Gasteiger partial charge < -0.3 is 5.32 Å². The Morgan fingerprint density at radius 1 is 1.29 bits per heavy atom. The van der Waals surface area contributed by atoms with Crippen LogP contribution in [0.15, 0.2) is 0 Å². The fourth-order valence-electron chi connectivity index (χ4n) is 2.55. The van der Waals surface area contributed by atoms with Crippen molar-refractivity contribution in [2.45, 2.75) is 51.5 Å². The molecule has 0 heterocycles. The SMILES string of the molecule is CCNC(CCSC)C1CCCCC1. The van der Waals surface area contributed by atoms with Crippen molar-refractivity contribution in [3.05, 3.63) is 0 Å². The van der Waals surface area contributed by atoms with Crippen molar-refractivity contribution in [2.75, 3.05) is 18.6 Å². The maximum absolute atomic E-state index is 3.67. The Hall–Kier alpha value is 0.310. The second-order valence-electron chi connectivity index (χ2n) is 4.34. The highest BCUT2D eigenvalue weighted by Crippen LogP contribution is 2.28. The van der Waals surface area contributed by atoms with Crippen LogP contribution in [0.2, 0.25) is 0 Å². The van der Waals surface area contributed by atoms with Crippen LogP contribution in [0.1, 0.15) is 45.4 Å². The van der Waals surface area contributed by atoms with E-state index in [0.717, 1.165) is 18.5 Å². The Bertz CT molecular complexity index is 132. The second-order valence-corrected chi connectivity index (χ2v) is 5.33. The van der Waals surface area contributed by atoms with Gasteiger partial charge in [-0.05, 0) is 43.7 Å². The summed E-state index contributed by atoms with van der Waals surface area (Å²) < 4.78 is 0. The minimum atomic E-state index is 0.799. The second kappa shape index (κ2) is 7.58. The third-order valence-electron chi connectivity index (χ3n) is 3.32. The van der Waals surface area contributed by atoms with E-state index >= 15 is 0 Å². The molecular weight excluding hydrogens is 190 g/mol. The summed E-state index contributed by atoms with van der Waals surface area (Å²) in [6.07, 6.45) is 10.9. The first-order valence-electron chi connectivity index (χ1n) is 6.10. The largest absolute Gasteiger partial charge is 0.314 e. The zero-order valence-electron chi connectivity index (χ0n) is 9.72. The molecule has 1 aliphatic rings. The van der Waals surface area contributed by atoms with Crippen molar-refractivity contribution in [1.82, 2.24) is 5.32 Å². The maximum atomic E-state index is 3.67. The minimum absolute atomic E-state index is 0.799. The summed E-state index contributed by atoms with van der Waals surface area (Å²) in [5.41, 5.74) is 0. The highest BCUT2D eigenvalue weighted by Gasteiger charge is 2.22. The monoisotopic (exact) mass is 215 g/mol. The number of hydrogen-bond acceptors (Lipinski definition) is 2. The normalized spacial score (nSPS) is 21.0. The van der Waals surface area contributed by atoms with Crippen LogP contribution in [0, 0.1) is 5.92 Å². The van der Waals surface area contributed by atoms with Gasteiger partial charge in [0.15, 0.2) is 0 Å². The molecule has 1 saturated carbocycles. The van der Waals surface area contributed by atoms with Crippen molar-refractivity contribution in [3.63, 3.8) is 0 Å². The molecule has 14 heavy (non-hydrogen) atoms. The minimum Gasteiger partial charge on any atom is -0.314 e. The molecule has 1 atom stereocenters. The highest BCUT2D eigenvalue weighted by molar-refractivity contribution is 7.98. The summed E-state index contributed by atoms with van der Waals surface area (Å²) in [5, 5.41) is 3.67. The lowest BCUT2D eigenvalue weighted by Gasteiger charge is -2.30. The summed E-state index contributed by atoms with van der Waals surface area (Å²) >= 11 is 1.98. The van der Waals surface area contributed by atoms with Crippen LogP contribution in [0.5, 0.6) is 0 Å². The third kappa shape index (κ3) is 4.22. The summed E-state index contributed by atoms with van der Waals surface area (Å²) in [6, 6.07) is 0.799. The van der Waals surface area contributed by atoms with E-state index in [9.17, 15) is 0 Å². The Morgan fingerprint density at radius 3 is 2.57 bits per heavy atom. The molecule has 1 aliphatic carbocycles. The van der Waals surface area contributed by atoms with Gasteiger partial charge in [0.05, 0.1) is 0 Å². The van der Waals surface area contributed by atoms with E-state index in [1.807, 2.05) is 11.8 Å². The number of hydrogen-bond donors (Lipinski definition) is 1. The molecule has 0 bridgehead atoms. The number of thioether (sulfide) groups is 1. The average Bonchev–Trinajstić information content (AvgIpc) is 2.25. The molecule has 0 radical (unpaired) electrons. The van der Waals surface area contributed by atoms with Gasteiger partial charge in [-0.15, -0.1) is 0 Å². The quantitative estimate of drug-likeness (QED) is 0.729. The molecule has 1 N–H and O–H groups in total. The lowest BCUT2D eigenvalue weighted by molar-refractivity contribution is 0.267. The predicted molar refractivity (Wildman–Crippen MR) is 67.0 cm³/mol. The molecule has 1 unspecified atom stereocenters. The van der Waals surface area contributed by atoms with Crippen LogP contribution < -0.4 is 5.32 Å². The standard InChI is InChI=1S/C12H25NS/c1-3-13-12(9-10-14-2)11-7-5-4-6-8-11/h11-13H,3-10H2,1-2H3. The molecule has 0 aromatic heterocycles. The van der Waals surface area contributed by atoms with E-state index in [1.54, 1.807) is 0 Å². The van der Waals surface area contributed by atoms with Crippen LogP contribution in [0.25, 0.3) is 0 Å². The molecule has 1 rings (SSSR count). The predicted octanol–water partition coefficient (Wildman–Crippen LogP) is 3.30. The highest BCUT2D eigenvalue weighted by atomic mass is 32.2. The van der Waals surface area contributed by atoms with Crippen molar-refractivity contribution in [1.29, 1.82) is 0 Å². The van der Waals surface area contributed by atoms with Gasteiger partial charge in [0, 0.05) is 6.04 Å². The Kier molecular flexibility index (Phi) is 6.70. The molecule has 1 nitrogen and oxygen atoms in total. The first-order valence-corrected chi connectivity index (χ1v) is 7.50. The van der Waals surface area contributed by atoms with Crippen molar-refractivity contribution in [3.8, 4) is 0 Å². The summed E-state index contributed by atoms with van der Waals surface area (Å²) in [7, 11) is 0. The zero-order valence-corrected chi connectivity index (χ0v) is 10.5. The van der Waals surface area contributed by atoms with Crippen LogP contribution in [-0.2, 0) is 0 Å². The number of nitrogens with one attached hydrogen (secondary N) is 1. The summed E-state index contributed by atoms with van der Waals surface area (Å²) in [5.74, 6) is 2.28. The van der Waals surface area contributed by atoms with E-state index in [-0.39, 0.29) is 0 Å². The van der Waals surface area contributed by atoms with Crippen LogP contribution in [0.4, 0.5) is 0 Å². The first kappa shape index (κ1) is 12.4. The summed E-state index contributed by atoms with van der Waals surface area (Å²) in [4.78, 5) is 0. The van der Waals surface area contributed by atoms with E-state index in [1.165, 1.54) is 44.3 Å². The molecule has 0 aromatic rings. The van der Waals surface area contributed by atoms with E-state index in [0.29, 0.717) is 0 Å². The Morgan fingerprint density at radius 2 is 2.00 bits per heavy atom. The first-order chi connectivity index (χ1) is 6.88. The Labute approximate surface area is 93.4 Å². The topological polar surface area (TPSA) is 12.0 Å². The average molecular weight is 215 g/mol. The van der Waals surface area contributed by atoms with Gasteiger partial charge in [0.2, 0.25) is 0 Å². The summed E-state index contributed by atoms with van der Waals surface area (Å²) in [6.45, 7) is 3.37. The van der Waals surface area contributed by atoms with Crippen molar-refractivity contribution < 1.29 is 0 Å². The molecule has 0 amide bonds. The van der Waals surface area contributed by atoms with E-state index in [4.69, 9.17) is 0 Å². The van der Waals surface area contributed by atoms with E-state index < -0.39 is 0 Å². The molecule has 0 aromatic carbocycles. The molecule has 84 valence electrons. The molecular formula is C12H25NS. The van der Waals surface area contributed by atoms with Crippen molar-refractivity contribution >= 4 is 11.8 Å². The van der Waals surface area contributed by atoms with Crippen LogP contribution >= 0.6 is 11.8 Å². The van der Waals surface area contributed by atoms with Crippen LogP contribution in [0.3, 0.4) is 0 Å². The van der Waals surface area contributed by atoms with Gasteiger partial charge in [0.25, 0.3) is 0 Å². The number of rotatable bonds is 6. The molecule has 0 saturated heterocycles. The molecule has 0 spiro atoms. The molecule has 1 fully saturated rings. The van der Waals surface area contributed by atoms with Gasteiger partial charge in [-0.25, -0.2) is 0 Å². The van der Waals surface area contributed by atoms with Gasteiger partial charge >= 0.3 is 0 Å². The zero-order chi connectivity index (χ0) is 10.2. The van der Waals surface area contributed by atoms with Gasteiger partial charge in [-0.1, -0.05) is 26.2 Å². The van der Waals surface area contributed by atoms with Gasteiger partial charge in [0.1, 0.15) is 0 Å². The lowest BCUT2D eigenvalue weighted by atomic mass is 9.83. The molecule has 2 heteroatoms. The fraction of sp³-hybridized carbons (Fsp3) is 1.00. The van der Waals surface area contributed by atoms with Gasteiger partial charge in [-0.3, -0.25) is 0 Å².